The number of hydrogen-bond donors (Lipinski definition) is 3. The van der Waals surface area contributed by atoms with Crippen LogP contribution in [0.1, 0.15) is 11.1 Å². The molecule has 3 aromatic rings. The van der Waals surface area contributed by atoms with Crippen molar-refractivity contribution in [2.75, 3.05) is 5.32 Å². The molecule has 0 saturated heterocycles. The number of sulfonamides is 1. The number of hydrogen-bond acceptors (Lipinski definition) is 5. The molecule has 0 spiro atoms. The van der Waals surface area contributed by atoms with Gasteiger partial charge in [0.05, 0.1) is 16.1 Å². The normalized spacial score (nSPS) is 18.1. The highest BCUT2D eigenvalue weighted by Crippen LogP contribution is 2.46. The van der Waals surface area contributed by atoms with E-state index in [9.17, 15) is 36.0 Å². The molecule has 0 aliphatic carbocycles. The molecule has 0 fully saturated rings. The Labute approximate surface area is 183 Å². The van der Waals surface area contributed by atoms with Gasteiger partial charge in [0.1, 0.15) is 5.82 Å². The molecule has 4 rings (SSSR count). The summed E-state index contributed by atoms with van der Waals surface area (Å²) in [7, 11) is -4.94. The zero-order valence-corrected chi connectivity index (χ0v) is 17.5. The molecule has 3 N–H and O–H groups in total. The zero-order valence-electron chi connectivity index (χ0n) is 16.7. The van der Waals surface area contributed by atoms with Crippen LogP contribution in [-0.4, -0.2) is 30.1 Å². The minimum Gasteiger partial charge on any atom is -0.309 e. The van der Waals surface area contributed by atoms with E-state index in [0.717, 1.165) is 17.7 Å². The van der Waals surface area contributed by atoms with Crippen molar-refractivity contribution in [3.8, 4) is 5.69 Å². The summed E-state index contributed by atoms with van der Waals surface area (Å²) in [5.41, 5.74) is -7.14. The first-order chi connectivity index (χ1) is 15.4. The number of aromatic amines is 1. The van der Waals surface area contributed by atoms with Gasteiger partial charge in [-0.2, -0.15) is 17.9 Å². The number of H-pyrrole nitrogens is 1. The molecule has 0 saturated carbocycles. The van der Waals surface area contributed by atoms with Crippen LogP contribution in [0.2, 0.25) is 0 Å². The van der Waals surface area contributed by atoms with Gasteiger partial charge in [-0.25, -0.2) is 17.8 Å². The van der Waals surface area contributed by atoms with E-state index in [-0.39, 0.29) is 5.69 Å². The van der Waals surface area contributed by atoms with Crippen LogP contribution in [-0.2, 0) is 20.4 Å². The number of aryl methyl sites for hydroxylation is 1. The van der Waals surface area contributed by atoms with Crippen molar-refractivity contribution in [3.63, 3.8) is 0 Å². The van der Waals surface area contributed by atoms with Crippen LogP contribution in [0.25, 0.3) is 5.69 Å². The zero-order chi connectivity index (χ0) is 24.2. The minimum atomic E-state index is -5.59. The molecule has 1 aliphatic heterocycles. The van der Waals surface area contributed by atoms with E-state index in [2.05, 4.69) is 0 Å². The minimum absolute atomic E-state index is 0.0438. The largest absolute Gasteiger partial charge is 0.421 e. The molecule has 0 bridgehead atoms. The van der Waals surface area contributed by atoms with Crippen molar-refractivity contribution < 1.29 is 26.4 Å². The van der Waals surface area contributed by atoms with E-state index in [1.54, 1.807) is 24.0 Å². The molecule has 2 aromatic carbocycles. The first-order valence-corrected chi connectivity index (χ1v) is 10.8. The molecule has 2 heterocycles. The molecule has 33 heavy (non-hydrogen) atoms. The van der Waals surface area contributed by atoms with E-state index in [0.29, 0.717) is 4.57 Å². The Morgan fingerprint density at radius 2 is 1.58 bits per heavy atom. The maximum atomic E-state index is 14.4. The number of carbonyl (C=O) groups is 1. The van der Waals surface area contributed by atoms with Crippen LogP contribution in [0.4, 0.5) is 19.0 Å². The summed E-state index contributed by atoms with van der Waals surface area (Å²) in [5.74, 6) is -2.66. The fraction of sp³-hybridized carbons (Fsp3) is 0.150. The van der Waals surface area contributed by atoms with Crippen molar-refractivity contribution in [2.45, 2.75) is 23.5 Å². The second kappa shape index (κ2) is 7.42. The highest BCUT2D eigenvalue weighted by Gasteiger charge is 2.69. The van der Waals surface area contributed by atoms with E-state index >= 15 is 0 Å². The standard InChI is InChI=1S/C20H15F3N4O5S/c1-11-7-9-12(10-8-11)27-15-14(16(28)25-18(27)30)19(17(29)24-15,20(21,22)23)26-33(31,32)13-5-3-2-4-6-13/h2-10,26H,1H3,(H,24,29)(H,25,28,30)/t19-/m1/s1. The quantitative estimate of drug-likeness (QED) is 0.521. The van der Waals surface area contributed by atoms with E-state index in [1.807, 2.05) is 5.32 Å². The van der Waals surface area contributed by atoms with Gasteiger partial charge in [-0.05, 0) is 31.2 Å². The third-order valence-corrected chi connectivity index (χ3v) is 6.58. The lowest BCUT2D eigenvalue weighted by molar-refractivity contribution is -0.194. The highest BCUT2D eigenvalue weighted by molar-refractivity contribution is 7.89. The average molecular weight is 480 g/mol. The van der Waals surface area contributed by atoms with Crippen molar-refractivity contribution >= 4 is 21.7 Å². The summed E-state index contributed by atoms with van der Waals surface area (Å²) in [5, 5.41) is 1.89. The summed E-state index contributed by atoms with van der Waals surface area (Å²) in [6.07, 6.45) is -5.59. The van der Waals surface area contributed by atoms with Crippen molar-refractivity contribution in [1.29, 1.82) is 0 Å². The Kier molecular flexibility index (Phi) is 5.05. The summed E-state index contributed by atoms with van der Waals surface area (Å²) in [6, 6.07) is 12.0. The molecule has 0 radical (unpaired) electrons. The first kappa shape index (κ1) is 22.5. The Hall–Kier alpha value is -3.71. The van der Waals surface area contributed by atoms with Crippen LogP contribution < -0.4 is 21.3 Å². The van der Waals surface area contributed by atoms with Gasteiger partial charge in [0.25, 0.3) is 11.5 Å². The summed E-state index contributed by atoms with van der Waals surface area (Å²) in [6.45, 7) is 1.73. The third-order valence-electron chi connectivity index (χ3n) is 5.12. The predicted molar refractivity (Wildman–Crippen MR) is 111 cm³/mol. The van der Waals surface area contributed by atoms with E-state index in [1.165, 1.54) is 35.1 Å². The first-order valence-electron chi connectivity index (χ1n) is 9.32. The molecular formula is C20H15F3N4O5S. The van der Waals surface area contributed by atoms with Crippen molar-refractivity contribution in [3.05, 3.63) is 86.6 Å². The number of benzene rings is 2. The predicted octanol–water partition coefficient (Wildman–Crippen LogP) is 1.52. The Morgan fingerprint density at radius 3 is 2.15 bits per heavy atom. The van der Waals surface area contributed by atoms with Crippen LogP contribution in [0.3, 0.4) is 0 Å². The number of amides is 1. The van der Waals surface area contributed by atoms with E-state index in [4.69, 9.17) is 0 Å². The lowest BCUT2D eigenvalue weighted by Crippen LogP contribution is -2.61. The molecule has 1 amide bonds. The second-order valence-corrected chi connectivity index (χ2v) is 8.96. The lowest BCUT2D eigenvalue weighted by atomic mass is 9.93. The third kappa shape index (κ3) is 3.45. The maximum absolute atomic E-state index is 14.4. The van der Waals surface area contributed by atoms with Gasteiger partial charge >= 0.3 is 11.9 Å². The van der Waals surface area contributed by atoms with Gasteiger partial charge < -0.3 is 5.32 Å². The van der Waals surface area contributed by atoms with Gasteiger partial charge in [0.2, 0.25) is 15.6 Å². The van der Waals surface area contributed by atoms with Gasteiger partial charge in [0, 0.05) is 0 Å². The van der Waals surface area contributed by atoms with E-state index < -0.39 is 55.2 Å². The molecular weight excluding hydrogens is 465 g/mol. The molecule has 13 heteroatoms. The molecule has 1 atom stereocenters. The number of nitrogens with one attached hydrogen (secondary N) is 3. The van der Waals surface area contributed by atoms with Gasteiger partial charge in [-0.15, -0.1) is 0 Å². The smallest absolute Gasteiger partial charge is 0.309 e. The Bertz CT molecular complexity index is 1480. The number of aromatic nitrogens is 2. The number of rotatable bonds is 4. The van der Waals surface area contributed by atoms with Gasteiger partial charge in [-0.3, -0.25) is 14.6 Å². The summed E-state index contributed by atoms with van der Waals surface area (Å²) >= 11 is 0. The summed E-state index contributed by atoms with van der Waals surface area (Å²) in [4.78, 5) is 39.1. The molecule has 1 aliphatic rings. The van der Waals surface area contributed by atoms with Crippen LogP contribution in [0.15, 0.2) is 69.1 Å². The molecule has 172 valence electrons. The highest BCUT2D eigenvalue weighted by atomic mass is 32.2. The maximum Gasteiger partial charge on any atom is 0.421 e. The second-order valence-electron chi connectivity index (χ2n) is 7.27. The number of halogens is 3. The fourth-order valence-electron chi connectivity index (χ4n) is 3.54. The lowest BCUT2D eigenvalue weighted by Gasteiger charge is -2.29. The number of anilines is 1. The van der Waals surface area contributed by atoms with Crippen LogP contribution in [0, 0.1) is 6.92 Å². The molecule has 1 aromatic heterocycles. The van der Waals surface area contributed by atoms with Gasteiger partial charge in [-0.1, -0.05) is 35.9 Å². The number of alkyl halides is 3. The number of fused-ring (bicyclic) bond motifs is 1. The van der Waals surface area contributed by atoms with Crippen LogP contribution in [0.5, 0.6) is 0 Å². The molecule has 0 unspecified atom stereocenters. The Morgan fingerprint density at radius 1 is 0.970 bits per heavy atom. The monoisotopic (exact) mass is 480 g/mol. The summed E-state index contributed by atoms with van der Waals surface area (Å²) < 4.78 is 70.9. The fourth-order valence-corrected chi connectivity index (χ4v) is 4.89. The van der Waals surface area contributed by atoms with Crippen LogP contribution >= 0.6 is 0 Å². The topological polar surface area (TPSA) is 130 Å². The van der Waals surface area contributed by atoms with Crippen molar-refractivity contribution in [2.24, 2.45) is 0 Å². The number of carbonyl (C=O) groups excluding carboxylic acids is 1. The molecule has 9 nitrogen and oxygen atoms in total. The average Bonchev–Trinajstić information content (AvgIpc) is 3.02. The number of nitrogens with zero attached hydrogens (tertiary/aromatic N) is 1. The van der Waals surface area contributed by atoms with Crippen molar-refractivity contribution in [1.82, 2.24) is 14.3 Å². The SMILES string of the molecule is Cc1ccc(-n2c3c(c(=O)[nH]c2=O)[C@](NS(=O)(=O)c2ccccc2)(C(F)(F)F)C(=O)N3)cc1. The van der Waals surface area contributed by atoms with Gasteiger partial charge in [0.15, 0.2) is 0 Å². The Balaban J connectivity index is 2.03.